The van der Waals surface area contributed by atoms with Gasteiger partial charge in [0.2, 0.25) is 5.91 Å². The van der Waals surface area contributed by atoms with Crippen LogP contribution in [0.25, 0.3) is 0 Å². The number of hydrogen-bond acceptors (Lipinski definition) is 5. The maximum atomic E-state index is 13.1. The van der Waals surface area contributed by atoms with Crippen LogP contribution in [0.4, 0.5) is 0 Å². The standard InChI is InChI=1S/C26H27N5O/c1-30(2)26(32)23-11-6-14-31(23)25(20-8-3-7-19(15-20)16-27)24(21-9-4-12-28-17-21)22-10-5-13-29-18-22/h3-5,7-10,12-13,15,17-18,23-25H,6,11,14H2,1-2H3. The molecule has 0 spiro atoms. The fourth-order valence-corrected chi connectivity index (χ4v) is 4.73. The molecule has 0 saturated carbocycles. The lowest BCUT2D eigenvalue weighted by Crippen LogP contribution is -2.45. The number of amides is 1. The quantitative estimate of drug-likeness (QED) is 0.601. The van der Waals surface area contributed by atoms with Crippen molar-refractivity contribution >= 4 is 5.91 Å². The van der Waals surface area contributed by atoms with Gasteiger partial charge in [-0.1, -0.05) is 24.3 Å². The van der Waals surface area contributed by atoms with Crippen molar-refractivity contribution in [1.82, 2.24) is 19.8 Å². The second-order valence-electron chi connectivity index (χ2n) is 8.36. The first-order valence-electron chi connectivity index (χ1n) is 10.9. The van der Waals surface area contributed by atoms with Gasteiger partial charge in [0, 0.05) is 50.8 Å². The summed E-state index contributed by atoms with van der Waals surface area (Å²) in [6, 6.07) is 17.7. The third-order valence-corrected chi connectivity index (χ3v) is 6.14. The molecule has 162 valence electrons. The minimum Gasteiger partial charge on any atom is -0.347 e. The summed E-state index contributed by atoms with van der Waals surface area (Å²) in [4.78, 5) is 25.9. The smallest absolute Gasteiger partial charge is 0.239 e. The van der Waals surface area contributed by atoms with Crippen LogP contribution in [0.15, 0.2) is 73.3 Å². The van der Waals surface area contributed by atoms with E-state index < -0.39 is 0 Å². The molecule has 0 radical (unpaired) electrons. The first kappa shape index (κ1) is 21.7. The zero-order valence-electron chi connectivity index (χ0n) is 18.4. The second kappa shape index (κ2) is 9.71. The van der Waals surface area contributed by atoms with Gasteiger partial charge in [-0.05, 0) is 60.3 Å². The summed E-state index contributed by atoms with van der Waals surface area (Å²) in [5.74, 6) is 0.0157. The van der Waals surface area contributed by atoms with E-state index in [2.05, 4.69) is 39.1 Å². The third kappa shape index (κ3) is 4.39. The molecular weight excluding hydrogens is 398 g/mol. The Labute approximate surface area is 189 Å². The number of hydrogen-bond donors (Lipinski definition) is 0. The maximum Gasteiger partial charge on any atom is 0.239 e. The molecule has 3 aromatic rings. The Morgan fingerprint density at radius 1 is 1.06 bits per heavy atom. The zero-order valence-corrected chi connectivity index (χ0v) is 18.4. The largest absolute Gasteiger partial charge is 0.347 e. The van der Waals surface area contributed by atoms with Crippen LogP contribution in [0.2, 0.25) is 0 Å². The van der Waals surface area contributed by atoms with E-state index in [-0.39, 0.29) is 23.9 Å². The van der Waals surface area contributed by atoms with Gasteiger partial charge in [0.1, 0.15) is 0 Å². The van der Waals surface area contributed by atoms with Gasteiger partial charge in [-0.15, -0.1) is 0 Å². The van der Waals surface area contributed by atoms with E-state index in [1.54, 1.807) is 17.3 Å². The number of carbonyl (C=O) groups is 1. The molecule has 3 heterocycles. The molecule has 32 heavy (non-hydrogen) atoms. The average Bonchev–Trinajstić information content (AvgIpc) is 3.32. The van der Waals surface area contributed by atoms with E-state index in [0.29, 0.717) is 5.56 Å². The maximum absolute atomic E-state index is 13.1. The molecule has 1 aliphatic rings. The molecule has 0 aliphatic carbocycles. The summed E-state index contributed by atoms with van der Waals surface area (Å²) in [6.45, 7) is 0.808. The lowest BCUT2D eigenvalue weighted by Gasteiger charge is -2.39. The number of pyridine rings is 2. The van der Waals surface area contributed by atoms with E-state index in [9.17, 15) is 10.1 Å². The minimum atomic E-state index is -0.211. The van der Waals surface area contributed by atoms with Crippen molar-refractivity contribution in [3.05, 3.63) is 95.6 Å². The van der Waals surface area contributed by atoms with Gasteiger partial charge in [-0.25, -0.2) is 0 Å². The van der Waals surface area contributed by atoms with Gasteiger partial charge < -0.3 is 4.90 Å². The Morgan fingerprint density at radius 3 is 2.28 bits per heavy atom. The summed E-state index contributed by atoms with van der Waals surface area (Å²) in [5.41, 5.74) is 3.73. The Hall–Kier alpha value is -3.56. The van der Waals surface area contributed by atoms with Crippen molar-refractivity contribution in [3.8, 4) is 6.07 Å². The van der Waals surface area contributed by atoms with Crippen molar-refractivity contribution < 1.29 is 4.79 Å². The summed E-state index contributed by atoms with van der Waals surface area (Å²) in [6.07, 6.45) is 9.08. The molecule has 1 fully saturated rings. The number of likely N-dealkylation sites (N-methyl/N-ethyl adjacent to an activating group) is 1. The van der Waals surface area contributed by atoms with Crippen LogP contribution < -0.4 is 0 Å². The van der Waals surface area contributed by atoms with Gasteiger partial charge in [-0.3, -0.25) is 19.7 Å². The van der Waals surface area contributed by atoms with Gasteiger partial charge >= 0.3 is 0 Å². The van der Waals surface area contributed by atoms with Crippen LogP contribution in [0.1, 0.15) is 47.1 Å². The predicted octanol–water partition coefficient (Wildman–Crippen LogP) is 3.77. The summed E-state index contributed by atoms with van der Waals surface area (Å²) in [5, 5.41) is 9.55. The van der Waals surface area contributed by atoms with Crippen LogP contribution in [-0.4, -0.2) is 52.4 Å². The molecule has 0 bridgehead atoms. The Kier molecular flexibility index (Phi) is 6.58. The second-order valence-corrected chi connectivity index (χ2v) is 8.36. The van der Waals surface area contributed by atoms with Crippen molar-refractivity contribution in [1.29, 1.82) is 5.26 Å². The molecule has 6 nitrogen and oxygen atoms in total. The lowest BCUT2D eigenvalue weighted by molar-refractivity contribution is -0.134. The highest BCUT2D eigenvalue weighted by Gasteiger charge is 2.41. The zero-order chi connectivity index (χ0) is 22.5. The third-order valence-electron chi connectivity index (χ3n) is 6.14. The fourth-order valence-electron chi connectivity index (χ4n) is 4.73. The average molecular weight is 426 g/mol. The molecule has 6 heteroatoms. The van der Waals surface area contributed by atoms with E-state index in [1.165, 1.54) is 0 Å². The van der Waals surface area contributed by atoms with Crippen LogP contribution in [0.5, 0.6) is 0 Å². The van der Waals surface area contributed by atoms with E-state index in [1.807, 2.05) is 56.8 Å². The topological polar surface area (TPSA) is 73.1 Å². The van der Waals surface area contributed by atoms with E-state index in [0.717, 1.165) is 36.1 Å². The summed E-state index contributed by atoms with van der Waals surface area (Å²) >= 11 is 0. The highest BCUT2D eigenvalue weighted by atomic mass is 16.2. The van der Waals surface area contributed by atoms with Crippen LogP contribution in [0.3, 0.4) is 0 Å². The molecule has 2 atom stereocenters. The fraction of sp³-hybridized carbons (Fsp3) is 0.308. The van der Waals surface area contributed by atoms with Gasteiger partial charge in [0.05, 0.1) is 17.7 Å². The molecular formula is C26H27N5O. The Balaban J connectivity index is 1.91. The van der Waals surface area contributed by atoms with Crippen molar-refractivity contribution in [2.45, 2.75) is 30.8 Å². The molecule has 0 N–H and O–H groups in total. The van der Waals surface area contributed by atoms with Gasteiger partial charge in [0.25, 0.3) is 0 Å². The van der Waals surface area contributed by atoms with Crippen LogP contribution in [-0.2, 0) is 4.79 Å². The van der Waals surface area contributed by atoms with Gasteiger partial charge in [-0.2, -0.15) is 5.26 Å². The highest BCUT2D eigenvalue weighted by Crippen LogP contribution is 2.43. The Morgan fingerprint density at radius 2 is 1.72 bits per heavy atom. The van der Waals surface area contributed by atoms with Crippen molar-refractivity contribution in [2.75, 3.05) is 20.6 Å². The molecule has 1 aromatic carbocycles. The van der Waals surface area contributed by atoms with E-state index >= 15 is 0 Å². The molecule has 1 aliphatic heterocycles. The molecule has 2 aromatic heterocycles. The van der Waals surface area contributed by atoms with E-state index in [4.69, 9.17) is 0 Å². The SMILES string of the molecule is CN(C)C(=O)C1CCCN1C(c1cccc(C#N)c1)C(c1cccnc1)c1cccnc1. The van der Waals surface area contributed by atoms with Gasteiger partial charge in [0.15, 0.2) is 0 Å². The number of carbonyl (C=O) groups excluding carboxylic acids is 1. The molecule has 1 amide bonds. The number of aromatic nitrogens is 2. The number of nitrogens with zero attached hydrogens (tertiary/aromatic N) is 5. The lowest BCUT2D eigenvalue weighted by atomic mass is 9.81. The van der Waals surface area contributed by atoms with Crippen LogP contribution in [0, 0.1) is 11.3 Å². The first-order valence-corrected chi connectivity index (χ1v) is 10.9. The van der Waals surface area contributed by atoms with Crippen molar-refractivity contribution in [3.63, 3.8) is 0 Å². The predicted molar refractivity (Wildman–Crippen MR) is 123 cm³/mol. The Bertz CT molecular complexity index is 1050. The molecule has 1 saturated heterocycles. The normalized spacial score (nSPS) is 17.1. The molecule has 2 unspecified atom stereocenters. The number of benzene rings is 1. The molecule has 4 rings (SSSR count). The number of rotatable bonds is 6. The highest BCUT2D eigenvalue weighted by molar-refractivity contribution is 5.81. The summed E-state index contributed by atoms with van der Waals surface area (Å²) in [7, 11) is 3.62. The minimum absolute atomic E-state index is 0.0955. The first-order chi connectivity index (χ1) is 15.6. The van der Waals surface area contributed by atoms with Crippen LogP contribution >= 0.6 is 0 Å². The monoisotopic (exact) mass is 425 g/mol. The number of nitriles is 1. The summed E-state index contributed by atoms with van der Waals surface area (Å²) < 4.78 is 0. The van der Waals surface area contributed by atoms with Crippen molar-refractivity contribution in [2.24, 2.45) is 0 Å². The number of likely N-dealkylation sites (tertiary alicyclic amines) is 1.